The van der Waals surface area contributed by atoms with Gasteiger partial charge < -0.3 is 4.74 Å². The fourth-order valence-corrected chi connectivity index (χ4v) is 5.42. The molecule has 1 saturated heterocycles. The smallest absolute Gasteiger partial charge is 0.265 e. The van der Waals surface area contributed by atoms with Crippen LogP contribution < -0.4 is 13.8 Å². The molecule has 0 spiro atoms. The lowest BCUT2D eigenvalue weighted by Gasteiger charge is -2.18. The number of halogens is 1. The fourth-order valence-electron chi connectivity index (χ4n) is 2.60. The molecule has 1 aliphatic rings. The molecule has 1 aliphatic heterocycles. The lowest BCUT2D eigenvalue weighted by Crippen LogP contribution is -2.29. The topological polar surface area (TPSA) is 110 Å². The van der Waals surface area contributed by atoms with Crippen LogP contribution in [-0.2, 0) is 24.8 Å². The van der Waals surface area contributed by atoms with Crippen LogP contribution in [0, 0.1) is 0 Å². The first-order chi connectivity index (χ1) is 12.6. The van der Waals surface area contributed by atoms with E-state index < -0.39 is 26.0 Å². The largest absolute Gasteiger partial charge is 0.495 e. The van der Waals surface area contributed by atoms with Gasteiger partial charge in [-0.2, -0.15) is 0 Å². The second kappa shape index (κ2) is 7.02. The maximum atomic E-state index is 12.8. The van der Waals surface area contributed by atoms with Gasteiger partial charge in [-0.05, 0) is 42.5 Å². The van der Waals surface area contributed by atoms with Gasteiger partial charge in [0.1, 0.15) is 10.6 Å². The summed E-state index contributed by atoms with van der Waals surface area (Å²) in [4.78, 5) is 11.7. The van der Waals surface area contributed by atoms with E-state index in [1.165, 1.54) is 43.5 Å². The first-order valence-corrected chi connectivity index (χ1v) is 11.1. The number of carbonyl (C=O) groups is 1. The Hall–Kier alpha value is -2.30. The Morgan fingerprint density at radius 3 is 2.37 bits per heavy atom. The number of nitrogens with zero attached hydrogens (tertiary/aromatic N) is 1. The molecule has 1 amide bonds. The molecule has 0 aromatic heterocycles. The van der Waals surface area contributed by atoms with Crippen molar-refractivity contribution in [3.05, 3.63) is 47.5 Å². The normalized spacial score (nSPS) is 16.4. The van der Waals surface area contributed by atoms with Crippen molar-refractivity contribution in [1.82, 2.24) is 0 Å². The monoisotopic (exact) mass is 430 g/mol. The van der Waals surface area contributed by atoms with Gasteiger partial charge in [0.15, 0.2) is 0 Å². The van der Waals surface area contributed by atoms with Crippen molar-refractivity contribution in [2.45, 2.75) is 11.3 Å². The van der Waals surface area contributed by atoms with Crippen molar-refractivity contribution in [3.8, 4) is 5.75 Å². The molecule has 1 heterocycles. The Morgan fingerprint density at radius 1 is 1.15 bits per heavy atom. The number of hydrogen-bond acceptors (Lipinski definition) is 6. The highest BCUT2D eigenvalue weighted by Gasteiger charge is 2.37. The molecule has 11 heteroatoms. The predicted octanol–water partition coefficient (Wildman–Crippen LogP) is 2.22. The van der Waals surface area contributed by atoms with Crippen LogP contribution in [0.2, 0.25) is 5.02 Å². The third-order valence-electron chi connectivity index (χ3n) is 3.85. The first-order valence-electron chi connectivity index (χ1n) is 7.66. The molecular weight excluding hydrogens is 416 g/mol. The van der Waals surface area contributed by atoms with Crippen molar-refractivity contribution in [3.63, 3.8) is 0 Å². The standard InChI is InChI=1S/C16H15ClN2O6S2/c1-25-14-7-6-13(19-16(20)8-9-26(19,21)22)10-15(14)27(23,24)18-12-4-2-11(17)3-5-12/h2-7,10,18H,8-9H2,1H3. The van der Waals surface area contributed by atoms with Crippen LogP contribution in [0.4, 0.5) is 11.4 Å². The number of methoxy groups -OCH3 is 1. The van der Waals surface area contributed by atoms with Gasteiger partial charge in [0.05, 0.1) is 18.6 Å². The van der Waals surface area contributed by atoms with Crippen molar-refractivity contribution in [2.75, 3.05) is 21.9 Å². The summed E-state index contributed by atoms with van der Waals surface area (Å²) in [5.74, 6) is -0.929. The summed E-state index contributed by atoms with van der Waals surface area (Å²) in [5.41, 5.74) is 0.200. The van der Waals surface area contributed by atoms with Gasteiger partial charge >= 0.3 is 0 Å². The summed E-state index contributed by atoms with van der Waals surface area (Å²) in [6.07, 6.45) is -0.153. The molecule has 3 rings (SSSR count). The molecular formula is C16H15ClN2O6S2. The van der Waals surface area contributed by atoms with Crippen molar-refractivity contribution >= 4 is 48.9 Å². The van der Waals surface area contributed by atoms with Crippen LogP contribution in [0.3, 0.4) is 0 Å². The molecule has 2 aromatic carbocycles. The Kier molecular flexibility index (Phi) is 5.06. The number of hydrogen-bond donors (Lipinski definition) is 1. The van der Waals surface area contributed by atoms with Gasteiger partial charge in [-0.15, -0.1) is 0 Å². The van der Waals surface area contributed by atoms with Crippen LogP contribution in [0.25, 0.3) is 0 Å². The summed E-state index contributed by atoms with van der Waals surface area (Å²) < 4.78 is 57.9. The van der Waals surface area contributed by atoms with E-state index in [0.29, 0.717) is 9.33 Å². The zero-order valence-corrected chi connectivity index (χ0v) is 16.4. The van der Waals surface area contributed by atoms with Gasteiger partial charge in [-0.3, -0.25) is 9.52 Å². The molecule has 0 radical (unpaired) electrons. The van der Waals surface area contributed by atoms with E-state index in [0.717, 1.165) is 6.07 Å². The number of anilines is 2. The van der Waals surface area contributed by atoms with Crippen LogP contribution in [0.5, 0.6) is 5.75 Å². The molecule has 144 valence electrons. The molecule has 0 saturated carbocycles. The molecule has 27 heavy (non-hydrogen) atoms. The van der Waals surface area contributed by atoms with Crippen LogP contribution in [0.15, 0.2) is 47.4 Å². The lowest BCUT2D eigenvalue weighted by atomic mass is 10.3. The number of rotatable bonds is 5. The van der Waals surface area contributed by atoms with Crippen LogP contribution in [-0.4, -0.2) is 35.6 Å². The molecule has 0 aliphatic carbocycles. The molecule has 0 bridgehead atoms. The van der Waals surface area contributed by atoms with Gasteiger partial charge in [0.2, 0.25) is 15.9 Å². The Labute approximate surface area is 161 Å². The van der Waals surface area contributed by atoms with Crippen molar-refractivity contribution < 1.29 is 26.4 Å². The number of sulfonamides is 2. The van der Waals surface area contributed by atoms with E-state index in [4.69, 9.17) is 16.3 Å². The first kappa shape index (κ1) is 19.5. The number of amides is 1. The molecule has 8 nitrogen and oxygen atoms in total. The second-order valence-corrected chi connectivity index (χ2v) is 9.70. The Morgan fingerprint density at radius 2 is 1.81 bits per heavy atom. The maximum Gasteiger partial charge on any atom is 0.265 e. The highest BCUT2D eigenvalue weighted by molar-refractivity contribution is 7.94. The van der Waals surface area contributed by atoms with Gasteiger partial charge in [0.25, 0.3) is 10.0 Å². The van der Waals surface area contributed by atoms with E-state index in [-0.39, 0.29) is 34.2 Å². The molecule has 0 unspecified atom stereocenters. The lowest BCUT2D eigenvalue weighted by molar-refractivity contribution is -0.116. The van der Waals surface area contributed by atoms with Crippen LogP contribution >= 0.6 is 11.6 Å². The zero-order chi connectivity index (χ0) is 19.8. The zero-order valence-electron chi connectivity index (χ0n) is 14.0. The Balaban J connectivity index is 2.06. The van der Waals surface area contributed by atoms with Gasteiger partial charge in [-0.1, -0.05) is 11.6 Å². The summed E-state index contributed by atoms with van der Waals surface area (Å²) >= 11 is 5.79. The highest BCUT2D eigenvalue weighted by Crippen LogP contribution is 2.33. The Bertz CT molecular complexity index is 1100. The molecule has 1 N–H and O–H groups in total. The minimum atomic E-state index is -4.13. The number of ether oxygens (including phenoxy) is 1. The van der Waals surface area contributed by atoms with E-state index >= 15 is 0 Å². The predicted molar refractivity (Wildman–Crippen MR) is 101 cm³/mol. The summed E-state index contributed by atoms with van der Waals surface area (Å²) in [7, 11) is -6.66. The number of nitrogens with one attached hydrogen (secondary N) is 1. The summed E-state index contributed by atoms with van der Waals surface area (Å²) in [5, 5.41) is 0.440. The van der Waals surface area contributed by atoms with E-state index in [1.54, 1.807) is 0 Å². The number of carbonyl (C=O) groups excluding carboxylic acids is 1. The average molecular weight is 431 g/mol. The van der Waals surface area contributed by atoms with E-state index in [1.807, 2.05) is 0 Å². The third kappa shape index (κ3) is 3.87. The van der Waals surface area contributed by atoms with E-state index in [2.05, 4.69) is 4.72 Å². The van der Waals surface area contributed by atoms with E-state index in [9.17, 15) is 21.6 Å². The quantitative estimate of drug-likeness (QED) is 0.778. The molecule has 1 fully saturated rings. The average Bonchev–Trinajstić information content (AvgIpc) is 2.89. The van der Waals surface area contributed by atoms with Crippen LogP contribution in [0.1, 0.15) is 6.42 Å². The van der Waals surface area contributed by atoms with Crippen molar-refractivity contribution in [2.24, 2.45) is 0 Å². The minimum absolute atomic E-state index is 0.00394. The second-order valence-electron chi connectivity index (χ2n) is 5.67. The summed E-state index contributed by atoms with van der Waals surface area (Å²) in [6.45, 7) is 0. The molecule has 2 aromatic rings. The van der Waals surface area contributed by atoms with Gasteiger partial charge in [-0.25, -0.2) is 21.1 Å². The van der Waals surface area contributed by atoms with Gasteiger partial charge in [0, 0.05) is 17.1 Å². The minimum Gasteiger partial charge on any atom is -0.495 e. The fraction of sp³-hybridized carbons (Fsp3) is 0.188. The van der Waals surface area contributed by atoms with Crippen molar-refractivity contribution in [1.29, 1.82) is 0 Å². The summed E-state index contributed by atoms with van der Waals surface area (Å²) in [6, 6.07) is 9.70. The number of benzene rings is 2. The highest BCUT2D eigenvalue weighted by atomic mass is 35.5. The third-order valence-corrected chi connectivity index (χ3v) is 7.19. The maximum absolute atomic E-state index is 12.8. The molecule has 0 atom stereocenters. The SMILES string of the molecule is COc1ccc(N2C(=O)CCS2(=O)=O)cc1S(=O)(=O)Nc1ccc(Cl)cc1.